The van der Waals surface area contributed by atoms with E-state index in [1.54, 1.807) is 0 Å². The number of aliphatic hydroxyl groups excluding tert-OH is 4. The highest BCUT2D eigenvalue weighted by atomic mass is 16.7. The van der Waals surface area contributed by atoms with E-state index in [0.29, 0.717) is 12.8 Å². The van der Waals surface area contributed by atoms with Crippen molar-refractivity contribution in [1.82, 2.24) is 0 Å². The van der Waals surface area contributed by atoms with Crippen LogP contribution in [-0.4, -0.2) is 89.0 Å². The van der Waals surface area contributed by atoms with Gasteiger partial charge in [0.05, 0.1) is 13.2 Å². The van der Waals surface area contributed by atoms with Crippen molar-refractivity contribution in [2.24, 2.45) is 0 Å². The molecule has 0 amide bonds. The number of carbonyl (C=O) groups is 2. The van der Waals surface area contributed by atoms with Gasteiger partial charge in [0.1, 0.15) is 31.0 Å². The van der Waals surface area contributed by atoms with Crippen LogP contribution in [0.2, 0.25) is 0 Å². The van der Waals surface area contributed by atoms with Crippen LogP contribution in [-0.2, 0) is 28.5 Å². The van der Waals surface area contributed by atoms with E-state index in [4.69, 9.17) is 18.9 Å². The molecule has 62 heavy (non-hydrogen) atoms. The van der Waals surface area contributed by atoms with Gasteiger partial charge in [-0.25, -0.2) is 0 Å². The number of ether oxygens (including phenoxy) is 4. The quantitative estimate of drug-likeness (QED) is 0.0264. The molecule has 6 atom stereocenters. The van der Waals surface area contributed by atoms with Crippen molar-refractivity contribution in [2.75, 3.05) is 19.8 Å². The second-order valence-corrected chi connectivity index (χ2v) is 18.3. The number of hydrogen-bond acceptors (Lipinski definition) is 10. The molecule has 2 unspecified atom stereocenters. The molecular weight excluding hydrogens is 785 g/mol. The standard InChI is InChI=1S/C52H98O10/c1-3-5-7-9-11-13-15-17-19-20-21-22-23-24-25-27-29-31-33-35-37-39-41-48(55)61-45(44-60-52-51(58)50(57)49(56)46(42-53)62-52)43-59-47(54)40-38-36-34-32-30-28-26-18-16-14-12-10-8-6-4-2/h28,30,45-46,49-53,56-58H,3-27,29,31-44H2,1-2H3/b30-28+/t45-,46-,49+,50?,51?,52-/m1/s1. The van der Waals surface area contributed by atoms with Crippen LogP contribution < -0.4 is 0 Å². The molecule has 0 spiro atoms. The summed E-state index contributed by atoms with van der Waals surface area (Å²) in [5, 5.41) is 40.2. The highest BCUT2D eigenvalue weighted by Gasteiger charge is 2.44. The van der Waals surface area contributed by atoms with Crippen LogP contribution in [0.1, 0.15) is 251 Å². The Morgan fingerprint density at radius 1 is 0.484 bits per heavy atom. The maximum absolute atomic E-state index is 12.8. The van der Waals surface area contributed by atoms with Gasteiger partial charge in [0.25, 0.3) is 0 Å². The van der Waals surface area contributed by atoms with E-state index in [-0.39, 0.29) is 32.0 Å². The number of esters is 2. The molecule has 0 radical (unpaired) electrons. The number of aliphatic hydroxyl groups is 4. The van der Waals surface area contributed by atoms with Crippen molar-refractivity contribution < 1.29 is 49.0 Å². The Kier molecular flexibility index (Phi) is 40.9. The van der Waals surface area contributed by atoms with Crippen LogP contribution in [0.5, 0.6) is 0 Å². The molecule has 1 heterocycles. The first kappa shape index (κ1) is 58.5. The summed E-state index contributed by atoms with van der Waals surface area (Å²) in [7, 11) is 0. The first-order valence-corrected chi connectivity index (χ1v) is 26.3. The molecule has 1 fully saturated rings. The minimum atomic E-state index is -1.59. The highest BCUT2D eigenvalue weighted by Crippen LogP contribution is 2.23. The van der Waals surface area contributed by atoms with Crippen LogP contribution in [0, 0.1) is 0 Å². The minimum absolute atomic E-state index is 0.219. The van der Waals surface area contributed by atoms with Gasteiger partial charge in [-0.15, -0.1) is 0 Å². The van der Waals surface area contributed by atoms with E-state index in [9.17, 15) is 30.0 Å². The summed E-state index contributed by atoms with van der Waals surface area (Å²) >= 11 is 0. The molecule has 1 saturated heterocycles. The molecule has 0 aliphatic carbocycles. The van der Waals surface area contributed by atoms with Crippen molar-refractivity contribution >= 4 is 11.9 Å². The average Bonchev–Trinajstić information content (AvgIpc) is 3.27. The van der Waals surface area contributed by atoms with Gasteiger partial charge < -0.3 is 39.4 Å². The minimum Gasteiger partial charge on any atom is -0.462 e. The van der Waals surface area contributed by atoms with Gasteiger partial charge in [-0.2, -0.15) is 0 Å². The van der Waals surface area contributed by atoms with Crippen LogP contribution >= 0.6 is 0 Å². The average molecular weight is 883 g/mol. The van der Waals surface area contributed by atoms with E-state index in [1.165, 1.54) is 167 Å². The molecule has 0 aromatic carbocycles. The lowest BCUT2D eigenvalue weighted by Gasteiger charge is -2.39. The second-order valence-electron chi connectivity index (χ2n) is 18.3. The van der Waals surface area contributed by atoms with Crippen LogP contribution in [0.3, 0.4) is 0 Å². The van der Waals surface area contributed by atoms with Crippen molar-refractivity contribution in [3.05, 3.63) is 12.2 Å². The fraction of sp³-hybridized carbons (Fsp3) is 0.923. The monoisotopic (exact) mass is 883 g/mol. The molecule has 1 rings (SSSR count). The topological polar surface area (TPSA) is 152 Å². The van der Waals surface area contributed by atoms with Crippen molar-refractivity contribution in [3.8, 4) is 0 Å². The Balaban J connectivity index is 2.23. The van der Waals surface area contributed by atoms with Gasteiger partial charge in [-0.1, -0.05) is 212 Å². The molecule has 0 aromatic heterocycles. The Morgan fingerprint density at radius 3 is 1.27 bits per heavy atom. The highest BCUT2D eigenvalue weighted by molar-refractivity contribution is 5.70. The first-order valence-electron chi connectivity index (χ1n) is 26.3. The van der Waals surface area contributed by atoms with Crippen molar-refractivity contribution in [1.29, 1.82) is 0 Å². The lowest BCUT2D eigenvalue weighted by molar-refractivity contribution is -0.305. The summed E-state index contributed by atoms with van der Waals surface area (Å²) < 4.78 is 22.2. The summed E-state index contributed by atoms with van der Waals surface area (Å²) in [6.45, 7) is 3.45. The molecule has 0 bridgehead atoms. The Labute approximate surface area is 380 Å². The van der Waals surface area contributed by atoms with Crippen molar-refractivity contribution in [2.45, 2.75) is 288 Å². The molecular formula is C52H98O10. The summed E-state index contributed by atoms with van der Waals surface area (Å²) in [4.78, 5) is 25.4. The molecule has 1 aliphatic rings. The number of allylic oxidation sites excluding steroid dienone is 2. The number of unbranched alkanes of at least 4 members (excludes halogenated alkanes) is 32. The van der Waals surface area contributed by atoms with E-state index in [2.05, 4.69) is 26.0 Å². The third-order valence-corrected chi connectivity index (χ3v) is 12.4. The van der Waals surface area contributed by atoms with E-state index in [1.807, 2.05) is 0 Å². The zero-order chi connectivity index (χ0) is 45.1. The van der Waals surface area contributed by atoms with Gasteiger partial charge in [0.15, 0.2) is 12.4 Å². The van der Waals surface area contributed by atoms with Crippen LogP contribution in [0.15, 0.2) is 12.2 Å². The molecule has 0 aromatic rings. The predicted octanol–water partition coefficient (Wildman–Crippen LogP) is 12.3. The normalized spacial score (nSPS) is 19.6. The number of hydrogen-bond donors (Lipinski definition) is 4. The Bertz CT molecular complexity index is 1020. The van der Waals surface area contributed by atoms with Gasteiger partial charge in [-0.05, 0) is 38.5 Å². The fourth-order valence-electron chi connectivity index (χ4n) is 8.24. The van der Waals surface area contributed by atoms with Gasteiger partial charge >= 0.3 is 11.9 Å². The fourth-order valence-corrected chi connectivity index (χ4v) is 8.24. The molecule has 4 N–H and O–H groups in total. The third kappa shape index (κ3) is 33.9. The SMILES string of the molecule is CCCCCCCCCC/C=C/CCCCCC(=O)OC[C@H](CO[C@@H]1O[C@H](CO)[C@H](O)C(O)C1O)OC(=O)CCCCCCCCCCCCCCCCCCCCCCCC. The third-order valence-electron chi connectivity index (χ3n) is 12.4. The van der Waals surface area contributed by atoms with E-state index >= 15 is 0 Å². The van der Waals surface area contributed by atoms with Gasteiger partial charge in [-0.3, -0.25) is 9.59 Å². The summed E-state index contributed by atoms with van der Waals surface area (Å²) in [5.41, 5.74) is 0. The molecule has 10 heteroatoms. The Morgan fingerprint density at radius 2 is 0.855 bits per heavy atom. The van der Waals surface area contributed by atoms with E-state index < -0.39 is 49.4 Å². The van der Waals surface area contributed by atoms with Gasteiger partial charge in [0, 0.05) is 12.8 Å². The number of rotatable bonds is 45. The first-order chi connectivity index (χ1) is 30.3. The Hall–Kier alpha value is -1.56. The van der Waals surface area contributed by atoms with Crippen LogP contribution in [0.4, 0.5) is 0 Å². The number of carbonyl (C=O) groups excluding carboxylic acids is 2. The lowest BCUT2D eigenvalue weighted by atomic mass is 9.99. The molecule has 10 nitrogen and oxygen atoms in total. The zero-order valence-corrected chi connectivity index (χ0v) is 40.1. The summed E-state index contributed by atoms with van der Waals surface area (Å²) in [6.07, 6.45) is 40.8. The maximum Gasteiger partial charge on any atom is 0.306 e. The second kappa shape index (κ2) is 43.3. The molecule has 366 valence electrons. The van der Waals surface area contributed by atoms with Crippen LogP contribution in [0.25, 0.3) is 0 Å². The largest absolute Gasteiger partial charge is 0.462 e. The van der Waals surface area contributed by atoms with Gasteiger partial charge in [0.2, 0.25) is 0 Å². The lowest BCUT2D eigenvalue weighted by Crippen LogP contribution is -2.59. The molecule has 1 aliphatic heterocycles. The molecule has 0 saturated carbocycles. The predicted molar refractivity (Wildman–Crippen MR) is 252 cm³/mol. The summed E-state index contributed by atoms with van der Waals surface area (Å²) in [6, 6.07) is 0. The zero-order valence-electron chi connectivity index (χ0n) is 40.1. The summed E-state index contributed by atoms with van der Waals surface area (Å²) in [5.74, 6) is -0.809. The smallest absolute Gasteiger partial charge is 0.306 e. The van der Waals surface area contributed by atoms with Crippen molar-refractivity contribution in [3.63, 3.8) is 0 Å². The maximum atomic E-state index is 12.8. The van der Waals surface area contributed by atoms with E-state index in [0.717, 1.165) is 44.9 Å².